The molecule has 3 rings (SSSR count). The highest BCUT2D eigenvalue weighted by Crippen LogP contribution is 2.20. The van der Waals surface area contributed by atoms with Crippen LogP contribution in [0.15, 0.2) is 48.5 Å². The Morgan fingerprint density at radius 3 is 2.48 bits per heavy atom. The van der Waals surface area contributed by atoms with Gasteiger partial charge in [0.25, 0.3) is 0 Å². The minimum Gasteiger partial charge on any atom is -0.337 e. The number of halogens is 3. The number of hydrogen-bond donors (Lipinski definition) is 1. The molecule has 1 aliphatic heterocycles. The van der Waals surface area contributed by atoms with E-state index in [0.29, 0.717) is 31.9 Å². The zero-order chi connectivity index (χ0) is 20.8. The Kier molecular flexibility index (Phi) is 6.95. The van der Waals surface area contributed by atoms with Crippen molar-refractivity contribution in [1.29, 1.82) is 0 Å². The van der Waals surface area contributed by atoms with Crippen LogP contribution in [0.2, 0.25) is 5.02 Å². The number of piperazine rings is 1. The predicted octanol–water partition coefficient (Wildman–Crippen LogP) is 3.41. The molecule has 1 heterocycles. The SMILES string of the molecule is O=C(CN1CCN(C(=O)C=Cc2c(F)cccc2Cl)CC1)Nc1cccc(F)c1. The number of nitrogens with zero attached hydrogens (tertiary/aromatic N) is 2. The Balaban J connectivity index is 1.48. The third-order valence-electron chi connectivity index (χ3n) is 4.55. The van der Waals surface area contributed by atoms with Crippen LogP contribution in [-0.2, 0) is 9.59 Å². The summed E-state index contributed by atoms with van der Waals surface area (Å²) in [5, 5.41) is 2.89. The Labute approximate surface area is 172 Å². The normalized spacial score (nSPS) is 14.9. The summed E-state index contributed by atoms with van der Waals surface area (Å²) in [7, 11) is 0. The lowest BCUT2D eigenvalue weighted by atomic mass is 10.2. The van der Waals surface area contributed by atoms with Gasteiger partial charge in [0.1, 0.15) is 11.6 Å². The largest absolute Gasteiger partial charge is 0.337 e. The van der Waals surface area contributed by atoms with Crippen LogP contribution in [0.5, 0.6) is 0 Å². The summed E-state index contributed by atoms with van der Waals surface area (Å²) in [6, 6.07) is 10.0. The van der Waals surface area contributed by atoms with Crippen molar-refractivity contribution in [2.24, 2.45) is 0 Å². The lowest BCUT2D eigenvalue weighted by Crippen LogP contribution is -2.50. The molecule has 0 unspecified atom stereocenters. The Morgan fingerprint density at radius 2 is 1.79 bits per heavy atom. The van der Waals surface area contributed by atoms with Gasteiger partial charge < -0.3 is 10.2 Å². The van der Waals surface area contributed by atoms with E-state index in [1.54, 1.807) is 17.0 Å². The van der Waals surface area contributed by atoms with Crippen molar-refractivity contribution in [2.45, 2.75) is 0 Å². The van der Waals surface area contributed by atoms with E-state index in [-0.39, 0.29) is 28.9 Å². The van der Waals surface area contributed by atoms with Gasteiger partial charge in [-0.3, -0.25) is 14.5 Å². The summed E-state index contributed by atoms with van der Waals surface area (Å²) in [5.41, 5.74) is 0.580. The molecule has 0 saturated carbocycles. The molecule has 29 heavy (non-hydrogen) atoms. The fourth-order valence-electron chi connectivity index (χ4n) is 3.03. The predicted molar refractivity (Wildman–Crippen MR) is 108 cm³/mol. The molecule has 2 aromatic carbocycles. The summed E-state index contributed by atoms with van der Waals surface area (Å²) in [4.78, 5) is 28.0. The highest BCUT2D eigenvalue weighted by atomic mass is 35.5. The van der Waals surface area contributed by atoms with Crippen molar-refractivity contribution in [2.75, 3.05) is 38.0 Å². The van der Waals surface area contributed by atoms with Gasteiger partial charge in [-0.1, -0.05) is 23.7 Å². The van der Waals surface area contributed by atoms with Gasteiger partial charge >= 0.3 is 0 Å². The van der Waals surface area contributed by atoms with Crippen LogP contribution in [0, 0.1) is 11.6 Å². The number of benzene rings is 2. The van der Waals surface area contributed by atoms with Gasteiger partial charge in [0, 0.05) is 43.5 Å². The number of anilines is 1. The third-order valence-corrected chi connectivity index (χ3v) is 4.88. The second kappa shape index (κ2) is 9.62. The van der Waals surface area contributed by atoms with Crippen molar-refractivity contribution in [1.82, 2.24) is 9.80 Å². The van der Waals surface area contributed by atoms with Gasteiger partial charge in [0.2, 0.25) is 11.8 Å². The van der Waals surface area contributed by atoms with E-state index < -0.39 is 11.6 Å². The fourth-order valence-corrected chi connectivity index (χ4v) is 3.25. The van der Waals surface area contributed by atoms with Crippen LogP contribution in [0.3, 0.4) is 0 Å². The Morgan fingerprint density at radius 1 is 1.07 bits per heavy atom. The number of carbonyl (C=O) groups is 2. The molecule has 0 atom stereocenters. The first-order chi connectivity index (χ1) is 13.9. The molecule has 2 amide bonds. The minimum atomic E-state index is -0.490. The standard InChI is InChI=1S/C21H20ClF2N3O2/c22-18-5-2-6-19(24)17(18)7-8-21(29)27-11-9-26(10-12-27)14-20(28)25-16-4-1-3-15(23)13-16/h1-8,13H,9-12,14H2,(H,25,28). The maximum atomic E-state index is 13.8. The van der Waals surface area contributed by atoms with Crippen LogP contribution >= 0.6 is 11.6 Å². The molecule has 0 radical (unpaired) electrons. The lowest BCUT2D eigenvalue weighted by molar-refractivity contribution is -0.127. The van der Waals surface area contributed by atoms with E-state index >= 15 is 0 Å². The van der Waals surface area contributed by atoms with E-state index in [1.807, 2.05) is 4.90 Å². The van der Waals surface area contributed by atoms with Crippen LogP contribution in [-0.4, -0.2) is 54.3 Å². The first kappa shape index (κ1) is 21.0. The van der Waals surface area contributed by atoms with Crippen molar-refractivity contribution in [3.63, 3.8) is 0 Å². The zero-order valence-electron chi connectivity index (χ0n) is 15.6. The maximum absolute atomic E-state index is 13.8. The maximum Gasteiger partial charge on any atom is 0.246 e. The number of nitrogens with one attached hydrogen (secondary N) is 1. The lowest BCUT2D eigenvalue weighted by Gasteiger charge is -2.33. The molecule has 0 aliphatic carbocycles. The Hall–Kier alpha value is -2.77. The number of hydrogen-bond acceptors (Lipinski definition) is 3. The van der Waals surface area contributed by atoms with Gasteiger partial charge in [0.15, 0.2) is 0 Å². The summed E-state index contributed by atoms with van der Waals surface area (Å²) in [5.74, 6) is -1.40. The molecule has 152 valence electrons. The van der Waals surface area contributed by atoms with Gasteiger partial charge in [-0.25, -0.2) is 8.78 Å². The van der Waals surface area contributed by atoms with Crippen LogP contribution in [0.4, 0.5) is 14.5 Å². The van der Waals surface area contributed by atoms with Crippen molar-refractivity contribution >= 4 is 35.2 Å². The fraction of sp³-hybridized carbons (Fsp3) is 0.238. The summed E-state index contributed by atoms with van der Waals surface area (Å²) in [6.07, 6.45) is 2.68. The molecule has 1 N–H and O–H groups in total. The minimum absolute atomic E-state index is 0.152. The first-order valence-corrected chi connectivity index (χ1v) is 9.49. The first-order valence-electron chi connectivity index (χ1n) is 9.11. The zero-order valence-corrected chi connectivity index (χ0v) is 16.3. The highest BCUT2D eigenvalue weighted by molar-refractivity contribution is 6.32. The topological polar surface area (TPSA) is 52.7 Å². The molecule has 1 fully saturated rings. The van der Waals surface area contributed by atoms with Crippen LogP contribution < -0.4 is 5.32 Å². The van der Waals surface area contributed by atoms with E-state index in [0.717, 1.165) is 0 Å². The number of amides is 2. The molecular weight excluding hydrogens is 400 g/mol. The van der Waals surface area contributed by atoms with Crippen molar-refractivity contribution in [3.8, 4) is 0 Å². The molecule has 2 aromatic rings. The van der Waals surface area contributed by atoms with Crippen molar-refractivity contribution < 1.29 is 18.4 Å². The molecule has 5 nitrogen and oxygen atoms in total. The molecule has 1 aliphatic rings. The molecule has 1 saturated heterocycles. The van der Waals surface area contributed by atoms with Crippen molar-refractivity contribution in [3.05, 3.63) is 70.8 Å². The molecule has 0 spiro atoms. The number of carbonyl (C=O) groups excluding carboxylic acids is 2. The summed E-state index contributed by atoms with van der Waals surface area (Å²) >= 11 is 5.95. The molecular formula is C21H20ClF2N3O2. The third kappa shape index (κ3) is 5.85. The smallest absolute Gasteiger partial charge is 0.246 e. The van der Waals surface area contributed by atoms with E-state index in [2.05, 4.69) is 5.32 Å². The Bertz CT molecular complexity index is 908. The van der Waals surface area contributed by atoms with Gasteiger partial charge in [-0.2, -0.15) is 0 Å². The van der Waals surface area contributed by atoms with E-state index in [9.17, 15) is 18.4 Å². The quantitative estimate of drug-likeness (QED) is 0.756. The van der Waals surface area contributed by atoms with Gasteiger partial charge in [-0.15, -0.1) is 0 Å². The van der Waals surface area contributed by atoms with Crippen LogP contribution in [0.25, 0.3) is 6.08 Å². The summed E-state index contributed by atoms with van der Waals surface area (Å²) in [6.45, 7) is 2.09. The monoisotopic (exact) mass is 419 g/mol. The van der Waals surface area contributed by atoms with Crippen LogP contribution in [0.1, 0.15) is 5.56 Å². The number of rotatable bonds is 5. The van der Waals surface area contributed by atoms with E-state index in [4.69, 9.17) is 11.6 Å². The van der Waals surface area contributed by atoms with Gasteiger partial charge in [-0.05, 0) is 36.4 Å². The van der Waals surface area contributed by atoms with Gasteiger partial charge in [0.05, 0.1) is 11.6 Å². The molecule has 0 bridgehead atoms. The second-order valence-corrected chi connectivity index (χ2v) is 7.04. The average Bonchev–Trinajstić information content (AvgIpc) is 2.68. The second-order valence-electron chi connectivity index (χ2n) is 6.63. The average molecular weight is 420 g/mol. The molecule has 0 aromatic heterocycles. The highest BCUT2D eigenvalue weighted by Gasteiger charge is 2.21. The summed E-state index contributed by atoms with van der Waals surface area (Å²) < 4.78 is 26.9. The molecule has 8 heteroatoms. The van der Waals surface area contributed by atoms with E-state index in [1.165, 1.54) is 42.5 Å².